The van der Waals surface area contributed by atoms with Gasteiger partial charge >= 0.3 is 0 Å². The van der Waals surface area contributed by atoms with Crippen molar-refractivity contribution in [1.82, 2.24) is 4.90 Å². The molecule has 1 rings (SSSR count). The zero-order valence-electron chi connectivity index (χ0n) is 6.20. The summed E-state index contributed by atoms with van der Waals surface area (Å²) in [4.78, 5) is 12.6. The summed E-state index contributed by atoms with van der Waals surface area (Å²) in [6.07, 6.45) is 0. The Morgan fingerprint density at radius 3 is 3.00 bits per heavy atom. The third-order valence-corrected chi connectivity index (χ3v) is 2.79. The van der Waals surface area contributed by atoms with E-state index in [9.17, 15) is 4.79 Å². The Hall–Kier alpha value is -0.130. The number of ether oxygens (including phenoxy) is 1. The van der Waals surface area contributed by atoms with E-state index < -0.39 is 0 Å². The number of thioether (sulfide) groups is 1. The summed E-state index contributed by atoms with van der Waals surface area (Å²) in [6, 6.07) is 0. The maximum Gasteiger partial charge on any atom is 0.238 e. The molecular weight excluding hydrogens is 182 g/mol. The van der Waals surface area contributed by atoms with Gasteiger partial charge in [0.1, 0.15) is 4.32 Å². The summed E-state index contributed by atoms with van der Waals surface area (Å²) in [7, 11) is 1.61. The predicted molar refractivity (Wildman–Crippen MR) is 48.6 cm³/mol. The number of carbonyl (C=O) groups excluding carboxylic acids is 1. The molecule has 0 unspecified atom stereocenters. The van der Waals surface area contributed by atoms with Crippen LogP contribution in [0.2, 0.25) is 0 Å². The van der Waals surface area contributed by atoms with Crippen molar-refractivity contribution >= 4 is 34.2 Å². The van der Waals surface area contributed by atoms with Gasteiger partial charge in [-0.05, 0) is 0 Å². The van der Waals surface area contributed by atoms with Crippen molar-refractivity contribution in [2.24, 2.45) is 0 Å². The Balaban J connectivity index is 2.41. The van der Waals surface area contributed by atoms with Crippen LogP contribution in [-0.2, 0) is 9.53 Å². The third-order valence-electron chi connectivity index (χ3n) is 1.36. The minimum atomic E-state index is 0.0945. The molecule has 0 saturated carbocycles. The van der Waals surface area contributed by atoms with Crippen molar-refractivity contribution in [3.05, 3.63) is 0 Å². The molecule has 1 aliphatic rings. The zero-order valence-corrected chi connectivity index (χ0v) is 7.83. The van der Waals surface area contributed by atoms with E-state index in [-0.39, 0.29) is 5.91 Å². The summed E-state index contributed by atoms with van der Waals surface area (Å²) < 4.78 is 5.51. The van der Waals surface area contributed by atoms with Gasteiger partial charge in [0.05, 0.1) is 18.9 Å². The number of methoxy groups -OCH3 is 1. The molecule has 0 N–H and O–H groups in total. The standard InChI is InChI=1S/C6H9NO2S2/c1-9-3-2-7-5(8)4-11-6(7)10/h2-4H2,1H3. The molecule has 3 nitrogen and oxygen atoms in total. The van der Waals surface area contributed by atoms with Crippen molar-refractivity contribution in [3.8, 4) is 0 Å². The van der Waals surface area contributed by atoms with E-state index in [0.29, 0.717) is 23.2 Å². The molecule has 1 fully saturated rings. The molecule has 0 aromatic carbocycles. The smallest absolute Gasteiger partial charge is 0.238 e. The maximum absolute atomic E-state index is 11.1. The maximum atomic E-state index is 11.1. The second-order valence-electron chi connectivity index (χ2n) is 2.09. The molecular formula is C6H9NO2S2. The average molecular weight is 191 g/mol. The lowest BCUT2D eigenvalue weighted by atomic mass is 10.5. The third kappa shape index (κ3) is 2.15. The van der Waals surface area contributed by atoms with Gasteiger partial charge in [0, 0.05) is 7.11 Å². The van der Waals surface area contributed by atoms with Crippen molar-refractivity contribution in [2.45, 2.75) is 0 Å². The van der Waals surface area contributed by atoms with Crippen molar-refractivity contribution < 1.29 is 9.53 Å². The van der Waals surface area contributed by atoms with E-state index in [0.717, 1.165) is 0 Å². The number of nitrogens with zero attached hydrogens (tertiary/aromatic N) is 1. The fraction of sp³-hybridized carbons (Fsp3) is 0.667. The highest BCUT2D eigenvalue weighted by molar-refractivity contribution is 8.23. The van der Waals surface area contributed by atoms with Gasteiger partial charge in [-0.1, -0.05) is 24.0 Å². The van der Waals surface area contributed by atoms with E-state index in [1.807, 2.05) is 0 Å². The molecule has 0 aromatic heterocycles. The summed E-state index contributed by atoms with van der Waals surface area (Å²) in [6.45, 7) is 1.13. The second kappa shape index (κ2) is 4.04. The fourth-order valence-corrected chi connectivity index (χ4v) is 1.90. The monoisotopic (exact) mass is 191 g/mol. The molecule has 0 atom stereocenters. The van der Waals surface area contributed by atoms with Crippen molar-refractivity contribution in [2.75, 3.05) is 26.0 Å². The minimum absolute atomic E-state index is 0.0945. The zero-order chi connectivity index (χ0) is 8.27. The van der Waals surface area contributed by atoms with Crippen LogP contribution < -0.4 is 0 Å². The first-order chi connectivity index (χ1) is 5.25. The van der Waals surface area contributed by atoms with Gasteiger partial charge in [-0.15, -0.1) is 0 Å². The molecule has 5 heteroatoms. The van der Waals surface area contributed by atoms with Crippen LogP contribution in [0.3, 0.4) is 0 Å². The van der Waals surface area contributed by atoms with Gasteiger partial charge < -0.3 is 4.74 Å². The molecule has 0 spiro atoms. The normalized spacial score (nSPS) is 18.1. The number of hydrogen-bond acceptors (Lipinski definition) is 4. The summed E-state index contributed by atoms with van der Waals surface area (Å²) >= 11 is 6.36. The van der Waals surface area contributed by atoms with Gasteiger partial charge in [-0.3, -0.25) is 9.69 Å². The fourth-order valence-electron chi connectivity index (χ4n) is 0.780. The Morgan fingerprint density at radius 2 is 2.55 bits per heavy atom. The molecule has 1 amide bonds. The highest BCUT2D eigenvalue weighted by Crippen LogP contribution is 2.18. The van der Waals surface area contributed by atoms with Crippen LogP contribution in [0.25, 0.3) is 0 Å². The number of rotatable bonds is 3. The Labute approximate surface area is 75.1 Å². The molecule has 0 aliphatic carbocycles. The van der Waals surface area contributed by atoms with Crippen LogP contribution in [0.1, 0.15) is 0 Å². The van der Waals surface area contributed by atoms with Crippen LogP contribution in [0, 0.1) is 0 Å². The Morgan fingerprint density at radius 1 is 1.82 bits per heavy atom. The van der Waals surface area contributed by atoms with E-state index in [4.69, 9.17) is 17.0 Å². The van der Waals surface area contributed by atoms with Gasteiger partial charge in [0.25, 0.3) is 0 Å². The molecule has 11 heavy (non-hydrogen) atoms. The largest absolute Gasteiger partial charge is 0.383 e. The van der Waals surface area contributed by atoms with Crippen LogP contribution in [-0.4, -0.2) is 41.1 Å². The second-order valence-corrected chi connectivity index (χ2v) is 3.70. The number of amides is 1. The van der Waals surface area contributed by atoms with Crippen LogP contribution in [0.4, 0.5) is 0 Å². The Kier molecular flexibility index (Phi) is 3.29. The van der Waals surface area contributed by atoms with E-state index in [2.05, 4.69) is 0 Å². The number of thiocarbonyl (C=S) groups is 1. The summed E-state index contributed by atoms with van der Waals surface area (Å²) in [5, 5.41) is 0. The summed E-state index contributed by atoms with van der Waals surface area (Å²) in [5.41, 5.74) is 0. The minimum Gasteiger partial charge on any atom is -0.383 e. The van der Waals surface area contributed by atoms with Crippen LogP contribution >= 0.6 is 24.0 Å². The summed E-state index contributed by atoms with van der Waals surface area (Å²) in [5.74, 6) is 0.583. The van der Waals surface area contributed by atoms with Crippen molar-refractivity contribution in [3.63, 3.8) is 0 Å². The molecule has 0 aromatic rings. The first kappa shape index (κ1) is 8.96. The lowest BCUT2D eigenvalue weighted by Crippen LogP contribution is -2.31. The van der Waals surface area contributed by atoms with Crippen LogP contribution in [0.15, 0.2) is 0 Å². The Bertz CT molecular complexity index is 167. The van der Waals surface area contributed by atoms with Gasteiger partial charge in [0.15, 0.2) is 0 Å². The lowest BCUT2D eigenvalue weighted by molar-refractivity contribution is -0.124. The van der Waals surface area contributed by atoms with Crippen LogP contribution in [0.5, 0.6) is 0 Å². The van der Waals surface area contributed by atoms with Gasteiger partial charge in [-0.2, -0.15) is 0 Å². The van der Waals surface area contributed by atoms with E-state index >= 15 is 0 Å². The number of carbonyl (C=O) groups is 1. The highest BCUT2D eigenvalue weighted by atomic mass is 32.2. The van der Waals surface area contributed by atoms with Gasteiger partial charge in [-0.25, -0.2) is 0 Å². The molecule has 1 aliphatic heterocycles. The SMILES string of the molecule is COCCN1C(=O)CSC1=S. The molecule has 0 radical (unpaired) electrons. The molecule has 62 valence electrons. The van der Waals surface area contributed by atoms with Crippen molar-refractivity contribution in [1.29, 1.82) is 0 Å². The molecule has 1 heterocycles. The number of hydrogen-bond donors (Lipinski definition) is 0. The predicted octanol–water partition coefficient (Wildman–Crippen LogP) is 0.493. The quantitative estimate of drug-likeness (QED) is 0.607. The molecule has 1 saturated heterocycles. The van der Waals surface area contributed by atoms with Gasteiger partial charge in [0.2, 0.25) is 5.91 Å². The van der Waals surface area contributed by atoms with E-state index in [1.54, 1.807) is 12.0 Å². The topological polar surface area (TPSA) is 29.5 Å². The highest BCUT2D eigenvalue weighted by Gasteiger charge is 2.25. The average Bonchev–Trinajstić information content (AvgIpc) is 2.29. The van der Waals surface area contributed by atoms with E-state index in [1.165, 1.54) is 11.8 Å². The first-order valence-electron chi connectivity index (χ1n) is 3.21. The first-order valence-corrected chi connectivity index (χ1v) is 4.61. The lowest BCUT2D eigenvalue weighted by Gasteiger charge is -2.13. The molecule has 0 bridgehead atoms.